The van der Waals surface area contributed by atoms with Crippen molar-refractivity contribution >= 4 is 116 Å². The lowest BCUT2D eigenvalue weighted by molar-refractivity contribution is -0.148. The first-order valence-electron chi connectivity index (χ1n) is 38.0. The van der Waals surface area contributed by atoms with Crippen LogP contribution in [-0.2, 0) is 84.8 Å². The molecule has 616 valence electrons. The van der Waals surface area contributed by atoms with Gasteiger partial charge in [-0.05, 0) is 152 Å². The zero-order chi connectivity index (χ0) is 81.4. The number of nitrogens with one attached hydrogen (secondary N) is 11. The summed E-state index contributed by atoms with van der Waals surface area (Å²) in [5.74, 6) is -16.0. The molecular formula is C72H108N20O18S2. The molecule has 0 saturated carbocycles. The van der Waals surface area contributed by atoms with Gasteiger partial charge in [0.05, 0.1) is 19.6 Å². The molecule has 0 spiro atoms. The molecule has 2 aromatic carbocycles. The fraction of sp³-hybridized carbons (Fsp3) is 0.611. The summed E-state index contributed by atoms with van der Waals surface area (Å²) in [5.41, 5.74) is 29.8. The Morgan fingerprint density at radius 3 is 1.38 bits per heavy atom. The number of hydrogen-bond donors (Lipinski definition) is 19. The van der Waals surface area contributed by atoms with Crippen LogP contribution in [0.2, 0.25) is 0 Å². The van der Waals surface area contributed by atoms with Crippen LogP contribution < -0.4 is 87.2 Å². The summed E-state index contributed by atoms with van der Waals surface area (Å²) in [5, 5.41) is 59.9. The Morgan fingerprint density at radius 2 is 0.848 bits per heavy atom. The predicted octanol–water partition coefficient (Wildman–Crippen LogP) is -5.57. The van der Waals surface area contributed by atoms with Crippen LogP contribution in [-0.4, -0.2) is 274 Å². The number of phenolic OH excluding ortho intramolecular Hbond substituents is 1. The number of aliphatic imine (C=N–C) groups is 1. The number of carbonyl (C=O) groups excluding carboxylic acids is 14. The highest BCUT2D eigenvalue weighted by Gasteiger charge is 2.46. The number of rotatable bonds is 23. The predicted molar refractivity (Wildman–Crippen MR) is 411 cm³/mol. The Hall–Kier alpha value is -9.90. The summed E-state index contributed by atoms with van der Waals surface area (Å²) in [4.78, 5) is 228. The molecule has 38 nitrogen and oxygen atoms in total. The zero-order valence-corrected chi connectivity index (χ0v) is 64.2. The number of aliphatic carboxylic acids is 1. The highest BCUT2D eigenvalue weighted by molar-refractivity contribution is 8.76. The minimum absolute atomic E-state index is 0.00661. The molecule has 112 heavy (non-hydrogen) atoms. The molecule has 2 bridgehead atoms. The van der Waals surface area contributed by atoms with Crippen molar-refractivity contribution in [3.63, 3.8) is 0 Å². The number of fused-ring (bicyclic) bond motifs is 8. The van der Waals surface area contributed by atoms with E-state index in [1.807, 2.05) is 0 Å². The van der Waals surface area contributed by atoms with Crippen LogP contribution in [0, 0.1) is 0 Å². The molecule has 14 amide bonds. The van der Waals surface area contributed by atoms with Gasteiger partial charge in [0, 0.05) is 50.5 Å². The molecule has 5 aliphatic rings. The van der Waals surface area contributed by atoms with E-state index in [0.717, 1.165) is 21.6 Å². The van der Waals surface area contributed by atoms with Crippen molar-refractivity contribution in [1.82, 2.24) is 73.2 Å². The lowest BCUT2D eigenvalue weighted by Crippen LogP contribution is -2.61. The number of carboxylic acids is 1. The SMILES string of the molecule is NCCCC[C@@H]1NC(=O)[C@H](Cc2ccc(O)cc2)NC(=O)[C@@H]2CSSC[C@H](NC(=O)[C@H](CCCCN)NC(=O)[C@@H]3CCCN3C(=O)[C@@H]3CCCN3C(=O)[C@H](CCCCN)NC(=O)[C@H](CO)NC1=O)C(=O)N[C@@H](Cc1ccccc1)C(=O)N1CCC[C@H]1C(=O)N[C@@H](CC(=O)O)C(=O)NCC(=O)N[C@@H](CCCN=C(N)N)C(=O)N2. The fourth-order valence-corrected chi connectivity index (χ4v) is 16.1. The van der Waals surface area contributed by atoms with E-state index in [-0.39, 0.29) is 141 Å². The van der Waals surface area contributed by atoms with E-state index >= 15 is 24.0 Å². The molecule has 13 atom stereocenters. The highest BCUT2D eigenvalue weighted by atomic mass is 33.1. The minimum Gasteiger partial charge on any atom is -0.508 e. The number of phenols is 1. The highest BCUT2D eigenvalue weighted by Crippen LogP contribution is 2.29. The zero-order valence-electron chi connectivity index (χ0n) is 62.6. The molecule has 0 aromatic heterocycles. The van der Waals surface area contributed by atoms with E-state index in [1.165, 1.54) is 39.0 Å². The number of guanidine groups is 1. The second-order valence-corrected chi connectivity index (χ2v) is 30.7. The van der Waals surface area contributed by atoms with E-state index in [0.29, 0.717) is 49.7 Å². The van der Waals surface area contributed by atoms with Gasteiger partial charge in [0.25, 0.3) is 0 Å². The Labute approximate surface area is 656 Å². The van der Waals surface area contributed by atoms with Gasteiger partial charge in [-0.15, -0.1) is 0 Å². The molecule has 24 N–H and O–H groups in total. The van der Waals surface area contributed by atoms with E-state index in [2.05, 4.69) is 63.5 Å². The molecule has 5 heterocycles. The lowest BCUT2D eigenvalue weighted by atomic mass is 10.0. The number of nitrogens with zero attached hydrogens (tertiary/aromatic N) is 4. The third-order valence-corrected chi connectivity index (χ3v) is 22.2. The van der Waals surface area contributed by atoms with E-state index < -0.39 is 198 Å². The Kier molecular flexibility index (Phi) is 36.3. The van der Waals surface area contributed by atoms with Gasteiger partial charge in [0.2, 0.25) is 82.7 Å². The van der Waals surface area contributed by atoms with Crippen LogP contribution in [0.3, 0.4) is 0 Å². The molecule has 0 aliphatic carbocycles. The number of amides is 14. The van der Waals surface area contributed by atoms with Gasteiger partial charge in [-0.2, -0.15) is 0 Å². The van der Waals surface area contributed by atoms with E-state index in [1.54, 1.807) is 30.3 Å². The fourth-order valence-electron chi connectivity index (χ4n) is 13.8. The van der Waals surface area contributed by atoms with Crippen LogP contribution in [0.5, 0.6) is 5.75 Å². The number of aliphatic hydroxyl groups is 1. The average molecular weight is 1610 g/mol. The summed E-state index contributed by atoms with van der Waals surface area (Å²) in [6.45, 7) is -1.45. The number of aliphatic hydroxyl groups excluding tert-OH is 1. The summed E-state index contributed by atoms with van der Waals surface area (Å²) in [6, 6.07) is -5.90. The number of nitrogens with two attached hydrogens (primary N) is 5. The summed E-state index contributed by atoms with van der Waals surface area (Å²) in [7, 11) is 1.73. The third kappa shape index (κ3) is 27.2. The molecular weight excluding hydrogens is 1500 g/mol. The molecule has 5 saturated heterocycles. The smallest absolute Gasteiger partial charge is 0.305 e. The topological polar surface area (TPSA) is 601 Å². The number of aromatic hydroxyl groups is 1. The van der Waals surface area contributed by atoms with Gasteiger partial charge in [0.1, 0.15) is 84.3 Å². The summed E-state index contributed by atoms with van der Waals surface area (Å²) < 4.78 is 0. The van der Waals surface area contributed by atoms with Gasteiger partial charge >= 0.3 is 5.97 Å². The molecule has 5 fully saturated rings. The van der Waals surface area contributed by atoms with Crippen molar-refractivity contribution < 1.29 is 87.2 Å². The van der Waals surface area contributed by atoms with Crippen molar-refractivity contribution in [1.29, 1.82) is 0 Å². The lowest BCUT2D eigenvalue weighted by Gasteiger charge is -2.34. The maximum absolute atomic E-state index is 15.4. The van der Waals surface area contributed by atoms with Crippen LogP contribution >= 0.6 is 21.6 Å². The van der Waals surface area contributed by atoms with Crippen LogP contribution in [0.4, 0.5) is 0 Å². The molecule has 2 aromatic rings. The monoisotopic (exact) mass is 1600 g/mol. The number of hydrogen-bond acceptors (Lipinski definition) is 23. The Bertz CT molecular complexity index is 3640. The third-order valence-electron chi connectivity index (χ3n) is 19.8. The average Bonchev–Trinajstić information content (AvgIpc) is 1.64. The second-order valence-electron chi connectivity index (χ2n) is 28.2. The molecule has 5 aliphatic heterocycles. The quantitative estimate of drug-likeness (QED) is 0.0213. The van der Waals surface area contributed by atoms with E-state index in [4.69, 9.17) is 28.7 Å². The molecule has 7 rings (SSSR count). The van der Waals surface area contributed by atoms with Crippen molar-refractivity contribution in [2.45, 2.75) is 207 Å². The first kappa shape index (κ1) is 89.3. The van der Waals surface area contributed by atoms with Crippen molar-refractivity contribution in [2.24, 2.45) is 33.7 Å². The summed E-state index contributed by atoms with van der Waals surface area (Å²) in [6.07, 6.45) is 0.961. The molecule has 0 radical (unpaired) electrons. The van der Waals surface area contributed by atoms with Gasteiger partial charge < -0.3 is 117 Å². The number of unbranched alkanes of at least 4 members (excludes halogenated alkanes) is 3. The largest absolute Gasteiger partial charge is 0.508 e. The van der Waals surface area contributed by atoms with E-state index in [9.17, 15) is 63.3 Å². The molecule has 40 heteroatoms. The van der Waals surface area contributed by atoms with Crippen molar-refractivity contribution in [3.05, 3.63) is 65.7 Å². The van der Waals surface area contributed by atoms with Gasteiger partial charge in [-0.1, -0.05) is 64.1 Å². The first-order valence-corrected chi connectivity index (χ1v) is 40.5. The van der Waals surface area contributed by atoms with Gasteiger partial charge in [-0.3, -0.25) is 76.9 Å². The second kappa shape index (κ2) is 45.6. The van der Waals surface area contributed by atoms with Crippen molar-refractivity contribution in [3.8, 4) is 5.75 Å². The Morgan fingerprint density at radius 1 is 0.438 bits per heavy atom. The standard InChI is InChI=1S/C72H108N20O18S2/c73-27-7-4-16-45-61(100)87-51(38-93)64(103)83-47(18-6-9-29-75)69(108)92-33-13-22-56(92)71(110)91-32-12-21-55(91)67(106)82-46(17-5-8-28-74)62(101)89-53-40-112-111-39-52(65(104)84-48(63(102)81-45)34-42-23-25-43(94)26-24-42)88-60(99)44(19-10-30-78-72(76)77)80-57(95)37-79-59(98)49(36-58(96)97)85-68(107)54-20-11-31-90(54)70(109)50(86-66(53)105)35-41-14-2-1-3-15-41/h1-3,14-15,23-26,44-56,93-94H,4-13,16-22,27-40,73-75H2,(H,79,98)(H,80,95)(H,81,102)(H,82,106)(H,83,103)(H,84,104)(H,85,107)(H,86,105)(H,87,100)(H,88,99)(H,89,101)(H,96,97)(H4,76,77,78)/t44-,45-,46-,47-,48-,49-,50-,51-,52-,53-,54-,55-,56-/m0/s1. The van der Waals surface area contributed by atoms with Crippen molar-refractivity contribution in [2.75, 3.05) is 70.5 Å². The van der Waals surface area contributed by atoms with Crippen LogP contribution in [0.25, 0.3) is 0 Å². The maximum Gasteiger partial charge on any atom is 0.305 e. The Balaban J connectivity index is 1.38. The molecule has 0 unspecified atom stereocenters. The normalized spacial score (nSPS) is 26.6. The van der Waals surface area contributed by atoms with Crippen LogP contribution in [0.15, 0.2) is 59.6 Å². The minimum atomic E-state index is -1.86. The number of carboxylic acid groups (broad SMARTS) is 1. The van der Waals surface area contributed by atoms with Crippen LogP contribution in [0.1, 0.15) is 127 Å². The van der Waals surface area contributed by atoms with Gasteiger partial charge in [0.15, 0.2) is 5.96 Å². The summed E-state index contributed by atoms with van der Waals surface area (Å²) >= 11 is 0. The maximum atomic E-state index is 15.4. The number of benzene rings is 2. The van der Waals surface area contributed by atoms with Gasteiger partial charge in [-0.25, -0.2) is 0 Å². The first-order chi connectivity index (χ1) is 53.7. The number of carbonyl (C=O) groups is 15.